The molecule has 1 aromatic rings. The van der Waals surface area contributed by atoms with Crippen molar-refractivity contribution in [2.24, 2.45) is 11.1 Å². The maximum Gasteiger partial charge on any atom is 0.231 e. The van der Waals surface area contributed by atoms with Gasteiger partial charge in [0.1, 0.15) is 5.82 Å². The lowest BCUT2D eigenvalue weighted by molar-refractivity contribution is -0.129. The van der Waals surface area contributed by atoms with Crippen molar-refractivity contribution in [3.63, 3.8) is 0 Å². The van der Waals surface area contributed by atoms with Crippen molar-refractivity contribution in [3.05, 3.63) is 30.1 Å². The summed E-state index contributed by atoms with van der Waals surface area (Å²) >= 11 is 0. The minimum Gasteiger partial charge on any atom is -0.329 e. The fraction of sp³-hybridized carbons (Fsp3) is 0.417. The predicted molar refractivity (Wildman–Crippen MR) is 60.4 cm³/mol. The van der Waals surface area contributed by atoms with Gasteiger partial charge in [-0.15, -0.1) is 0 Å². The summed E-state index contributed by atoms with van der Waals surface area (Å²) in [5.41, 5.74) is 5.37. The van der Waals surface area contributed by atoms with E-state index in [1.54, 1.807) is 18.2 Å². The number of nitrogens with two attached hydrogens (primary N) is 1. The van der Waals surface area contributed by atoms with Gasteiger partial charge in [0.25, 0.3) is 0 Å². The summed E-state index contributed by atoms with van der Waals surface area (Å²) in [5.74, 6) is -0.575. The Bertz CT molecular complexity index is 396. The van der Waals surface area contributed by atoms with Gasteiger partial charge in [0.15, 0.2) is 0 Å². The zero-order valence-electron chi connectivity index (χ0n) is 9.00. The summed E-state index contributed by atoms with van der Waals surface area (Å²) in [5, 5.41) is 2.61. The third-order valence-electron chi connectivity index (χ3n) is 3.31. The first-order valence-electron chi connectivity index (χ1n) is 5.44. The van der Waals surface area contributed by atoms with Crippen molar-refractivity contribution in [1.82, 2.24) is 0 Å². The molecule has 0 saturated heterocycles. The van der Waals surface area contributed by atoms with Crippen LogP contribution in [-0.2, 0) is 4.79 Å². The van der Waals surface area contributed by atoms with Crippen LogP contribution in [0.3, 0.4) is 0 Å². The Hall–Kier alpha value is -1.42. The standard InChI is InChI=1S/C12H15FN2O/c13-9-4-1-2-5-10(9)15-11(16)12(8-14)6-3-7-12/h1-2,4-5H,3,6-8,14H2,(H,15,16). The monoisotopic (exact) mass is 222 g/mol. The minimum absolute atomic E-state index is 0.161. The lowest BCUT2D eigenvalue weighted by atomic mass is 9.68. The second-order valence-electron chi connectivity index (χ2n) is 4.27. The number of hydrogen-bond acceptors (Lipinski definition) is 2. The van der Waals surface area contributed by atoms with Crippen molar-refractivity contribution in [3.8, 4) is 0 Å². The highest BCUT2D eigenvalue weighted by Gasteiger charge is 2.42. The largest absolute Gasteiger partial charge is 0.329 e. The molecule has 0 bridgehead atoms. The van der Waals surface area contributed by atoms with Gasteiger partial charge in [0, 0.05) is 6.54 Å². The number of hydrogen-bond donors (Lipinski definition) is 2. The van der Waals surface area contributed by atoms with Gasteiger partial charge in [-0.2, -0.15) is 0 Å². The van der Waals surface area contributed by atoms with Crippen molar-refractivity contribution >= 4 is 11.6 Å². The number of anilines is 1. The molecule has 0 heterocycles. The molecule has 1 fully saturated rings. The summed E-state index contributed by atoms with van der Waals surface area (Å²) in [6, 6.07) is 6.16. The van der Waals surface area contributed by atoms with E-state index in [-0.39, 0.29) is 11.6 Å². The third kappa shape index (κ3) is 1.80. The van der Waals surface area contributed by atoms with E-state index in [1.165, 1.54) is 6.07 Å². The fourth-order valence-electron chi connectivity index (χ4n) is 1.94. The maximum atomic E-state index is 13.3. The number of halogens is 1. The lowest BCUT2D eigenvalue weighted by Gasteiger charge is -2.39. The number of carbonyl (C=O) groups excluding carboxylic acids is 1. The van der Waals surface area contributed by atoms with Crippen LogP contribution in [0.2, 0.25) is 0 Å². The molecule has 0 unspecified atom stereocenters. The molecule has 1 saturated carbocycles. The van der Waals surface area contributed by atoms with E-state index in [9.17, 15) is 9.18 Å². The van der Waals surface area contributed by atoms with Gasteiger partial charge in [-0.3, -0.25) is 4.79 Å². The number of para-hydroxylation sites is 1. The maximum absolute atomic E-state index is 13.3. The van der Waals surface area contributed by atoms with Crippen LogP contribution in [0.25, 0.3) is 0 Å². The van der Waals surface area contributed by atoms with Crippen LogP contribution in [0.5, 0.6) is 0 Å². The average molecular weight is 222 g/mol. The molecule has 1 aliphatic carbocycles. The third-order valence-corrected chi connectivity index (χ3v) is 3.31. The summed E-state index contributed by atoms with van der Waals surface area (Å²) < 4.78 is 13.3. The van der Waals surface area contributed by atoms with E-state index in [2.05, 4.69) is 5.32 Å². The molecule has 0 radical (unpaired) electrons. The number of nitrogens with one attached hydrogen (secondary N) is 1. The summed E-state index contributed by atoms with van der Waals surface area (Å²) in [7, 11) is 0. The van der Waals surface area contributed by atoms with Crippen LogP contribution in [-0.4, -0.2) is 12.5 Å². The highest BCUT2D eigenvalue weighted by molar-refractivity contribution is 5.96. The highest BCUT2D eigenvalue weighted by atomic mass is 19.1. The number of amides is 1. The Morgan fingerprint density at radius 3 is 2.62 bits per heavy atom. The molecule has 1 aliphatic rings. The van der Waals surface area contributed by atoms with Gasteiger partial charge in [0.2, 0.25) is 5.91 Å². The van der Waals surface area contributed by atoms with Crippen molar-refractivity contribution in [2.45, 2.75) is 19.3 Å². The summed E-state index contributed by atoms with van der Waals surface area (Å²) in [6.07, 6.45) is 2.61. The summed E-state index contributed by atoms with van der Waals surface area (Å²) in [4.78, 5) is 11.9. The smallest absolute Gasteiger partial charge is 0.231 e. The highest BCUT2D eigenvalue weighted by Crippen LogP contribution is 2.40. The quantitative estimate of drug-likeness (QED) is 0.820. The van der Waals surface area contributed by atoms with E-state index in [4.69, 9.17) is 5.73 Å². The molecule has 4 heteroatoms. The van der Waals surface area contributed by atoms with Crippen molar-refractivity contribution in [1.29, 1.82) is 0 Å². The topological polar surface area (TPSA) is 55.1 Å². The van der Waals surface area contributed by atoms with Crippen molar-refractivity contribution in [2.75, 3.05) is 11.9 Å². The Labute approximate surface area is 93.8 Å². The molecule has 0 aliphatic heterocycles. The van der Waals surface area contributed by atoms with Crippen LogP contribution < -0.4 is 11.1 Å². The Balaban J connectivity index is 2.10. The Kier molecular flexibility index (Phi) is 2.92. The van der Waals surface area contributed by atoms with Gasteiger partial charge in [0.05, 0.1) is 11.1 Å². The lowest BCUT2D eigenvalue weighted by Crippen LogP contribution is -2.47. The van der Waals surface area contributed by atoms with E-state index in [1.807, 2.05) is 0 Å². The van der Waals surface area contributed by atoms with Crippen LogP contribution in [0.15, 0.2) is 24.3 Å². The van der Waals surface area contributed by atoms with Gasteiger partial charge in [-0.25, -0.2) is 4.39 Å². The normalized spacial score (nSPS) is 17.6. The molecule has 3 N–H and O–H groups in total. The molecule has 0 atom stereocenters. The first-order chi connectivity index (χ1) is 7.68. The zero-order valence-corrected chi connectivity index (χ0v) is 9.00. The molecule has 0 spiro atoms. The van der Waals surface area contributed by atoms with Gasteiger partial charge in [-0.05, 0) is 25.0 Å². The van der Waals surface area contributed by atoms with Gasteiger partial charge < -0.3 is 11.1 Å². The first kappa shape index (κ1) is 11.1. The second-order valence-corrected chi connectivity index (χ2v) is 4.27. The van der Waals surface area contributed by atoms with Crippen molar-refractivity contribution < 1.29 is 9.18 Å². The Morgan fingerprint density at radius 2 is 2.12 bits per heavy atom. The molecule has 1 aromatic carbocycles. The molecule has 86 valence electrons. The second kappa shape index (κ2) is 4.22. The minimum atomic E-state index is -0.470. The van der Waals surface area contributed by atoms with E-state index in [0.717, 1.165) is 19.3 Å². The number of carbonyl (C=O) groups is 1. The molecule has 16 heavy (non-hydrogen) atoms. The fourth-order valence-corrected chi connectivity index (χ4v) is 1.94. The van der Waals surface area contributed by atoms with Gasteiger partial charge in [-0.1, -0.05) is 18.6 Å². The van der Waals surface area contributed by atoms with Crippen LogP contribution >= 0.6 is 0 Å². The number of benzene rings is 1. The molecule has 1 amide bonds. The van der Waals surface area contributed by atoms with E-state index in [0.29, 0.717) is 6.54 Å². The van der Waals surface area contributed by atoms with E-state index >= 15 is 0 Å². The predicted octanol–water partition coefficient (Wildman–Crippen LogP) is 1.89. The average Bonchev–Trinajstić information content (AvgIpc) is 2.21. The molecule has 2 rings (SSSR count). The molecule has 0 aromatic heterocycles. The summed E-state index contributed by atoms with van der Waals surface area (Å²) in [6.45, 7) is 0.327. The van der Waals surface area contributed by atoms with Crippen LogP contribution in [0, 0.1) is 11.2 Å². The number of rotatable bonds is 3. The van der Waals surface area contributed by atoms with Crippen LogP contribution in [0.4, 0.5) is 10.1 Å². The molecular formula is C12H15FN2O. The molecule has 3 nitrogen and oxygen atoms in total. The molecular weight excluding hydrogens is 207 g/mol. The van der Waals surface area contributed by atoms with Crippen LogP contribution in [0.1, 0.15) is 19.3 Å². The zero-order chi connectivity index (χ0) is 11.6. The first-order valence-corrected chi connectivity index (χ1v) is 5.44. The SMILES string of the molecule is NCC1(C(=O)Nc2ccccc2F)CCC1. The van der Waals surface area contributed by atoms with Gasteiger partial charge >= 0.3 is 0 Å². The Morgan fingerprint density at radius 1 is 1.44 bits per heavy atom. The van der Waals surface area contributed by atoms with E-state index < -0.39 is 11.2 Å².